The minimum absolute atomic E-state index is 0.0130. The molecule has 1 nitrogen and oxygen atoms in total. The van der Waals surface area contributed by atoms with Crippen LogP contribution in [0, 0.1) is 0 Å². The van der Waals surface area contributed by atoms with Gasteiger partial charge in [-0.05, 0) is 24.1 Å². The molecule has 2 rings (SSSR count). The van der Waals surface area contributed by atoms with E-state index in [2.05, 4.69) is 75.7 Å². The highest BCUT2D eigenvalue weighted by Crippen LogP contribution is 2.46. The van der Waals surface area contributed by atoms with Crippen LogP contribution in [0.1, 0.15) is 26.3 Å². The predicted molar refractivity (Wildman–Crippen MR) is 79.9 cm³/mol. The van der Waals surface area contributed by atoms with Crippen LogP contribution in [0.15, 0.2) is 60.3 Å². The summed E-state index contributed by atoms with van der Waals surface area (Å²) >= 11 is 0. The molecule has 0 saturated carbocycles. The van der Waals surface area contributed by atoms with Crippen LogP contribution in [0.25, 0.3) is 0 Å². The van der Waals surface area contributed by atoms with Crippen LogP contribution in [-0.2, 0) is 5.41 Å². The molecule has 0 unspecified atom stereocenters. The first-order chi connectivity index (χ1) is 8.54. The monoisotopic (exact) mass is 239 g/mol. The van der Waals surface area contributed by atoms with Gasteiger partial charge < -0.3 is 4.90 Å². The average molecular weight is 239 g/mol. The Bertz CT molecular complexity index is 532. The van der Waals surface area contributed by atoms with Crippen molar-refractivity contribution < 1.29 is 0 Å². The molecule has 0 bridgehead atoms. The molecule has 1 heteroatoms. The Morgan fingerprint density at radius 2 is 1.89 bits per heavy atom. The lowest BCUT2D eigenvalue weighted by Crippen LogP contribution is -2.35. The first-order valence-electron chi connectivity index (χ1n) is 6.37. The molecular formula is C17H21N. The molecule has 0 atom stereocenters. The molecule has 0 saturated heterocycles. The van der Waals surface area contributed by atoms with Crippen LogP contribution in [0.2, 0.25) is 0 Å². The Morgan fingerprint density at radius 1 is 1.22 bits per heavy atom. The fraction of sp³-hybridized carbons (Fsp3) is 0.294. The molecule has 0 spiro atoms. The van der Waals surface area contributed by atoms with Crippen molar-refractivity contribution in [2.75, 3.05) is 11.9 Å². The van der Waals surface area contributed by atoms with Crippen LogP contribution in [0.4, 0.5) is 5.69 Å². The van der Waals surface area contributed by atoms with Crippen LogP contribution in [0.3, 0.4) is 0 Å². The van der Waals surface area contributed by atoms with E-state index in [-0.39, 0.29) is 5.41 Å². The van der Waals surface area contributed by atoms with E-state index in [9.17, 15) is 0 Å². The van der Waals surface area contributed by atoms with Gasteiger partial charge in [-0.3, -0.25) is 0 Å². The summed E-state index contributed by atoms with van der Waals surface area (Å²) in [5.41, 5.74) is 5.25. The van der Waals surface area contributed by atoms with Gasteiger partial charge in [0, 0.05) is 23.8 Å². The maximum Gasteiger partial charge on any atom is 0.0449 e. The largest absolute Gasteiger partial charge is 0.344 e. The Labute approximate surface area is 110 Å². The lowest BCUT2D eigenvalue weighted by molar-refractivity contribution is 0.609. The second-order valence-corrected chi connectivity index (χ2v) is 5.19. The van der Waals surface area contributed by atoms with Crippen LogP contribution in [0.5, 0.6) is 0 Å². The fourth-order valence-corrected chi connectivity index (χ4v) is 2.83. The van der Waals surface area contributed by atoms with Gasteiger partial charge in [0.2, 0.25) is 0 Å². The normalized spacial score (nSPS) is 22.1. The van der Waals surface area contributed by atoms with Crippen molar-refractivity contribution in [2.45, 2.75) is 26.2 Å². The number of likely N-dealkylation sites (N-methyl/N-ethyl adjacent to an activating group) is 1. The van der Waals surface area contributed by atoms with Crippen molar-refractivity contribution in [2.24, 2.45) is 0 Å². The van der Waals surface area contributed by atoms with Crippen molar-refractivity contribution in [1.82, 2.24) is 0 Å². The Balaban J connectivity index is 2.76. The summed E-state index contributed by atoms with van der Waals surface area (Å²) in [6, 6.07) is 8.61. The van der Waals surface area contributed by atoms with Gasteiger partial charge in [0.05, 0.1) is 0 Å². The van der Waals surface area contributed by atoms with E-state index in [1.165, 1.54) is 22.5 Å². The predicted octanol–water partition coefficient (Wildman–Crippen LogP) is 4.43. The van der Waals surface area contributed by atoms with E-state index < -0.39 is 0 Å². The van der Waals surface area contributed by atoms with Crippen molar-refractivity contribution in [3.05, 3.63) is 65.9 Å². The quantitative estimate of drug-likeness (QED) is 0.700. The number of benzene rings is 1. The van der Waals surface area contributed by atoms with E-state index in [1.807, 2.05) is 6.08 Å². The van der Waals surface area contributed by atoms with Gasteiger partial charge in [0.1, 0.15) is 0 Å². The van der Waals surface area contributed by atoms with E-state index >= 15 is 0 Å². The van der Waals surface area contributed by atoms with Gasteiger partial charge in [-0.25, -0.2) is 0 Å². The molecule has 0 amide bonds. The average Bonchev–Trinajstić information content (AvgIpc) is 2.37. The highest BCUT2D eigenvalue weighted by atomic mass is 15.1. The third kappa shape index (κ3) is 1.71. The molecule has 0 radical (unpaired) electrons. The van der Waals surface area contributed by atoms with Crippen molar-refractivity contribution >= 4 is 5.69 Å². The van der Waals surface area contributed by atoms with Crippen LogP contribution < -0.4 is 4.90 Å². The van der Waals surface area contributed by atoms with Gasteiger partial charge in [0.15, 0.2) is 0 Å². The van der Waals surface area contributed by atoms with Crippen molar-refractivity contribution in [1.29, 1.82) is 0 Å². The third-order valence-electron chi connectivity index (χ3n) is 3.81. The van der Waals surface area contributed by atoms with E-state index in [0.717, 1.165) is 0 Å². The maximum absolute atomic E-state index is 3.85. The number of anilines is 1. The van der Waals surface area contributed by atoms with Gasteiger partial charge in [0.25, 0.3) is 0 Å². The summed E-state index contributed by atoms with van der Waals surface area (Å²) in [5, 5.41) is 0. The number of fused-ring (bicyclic) bond motifs is 1. The molecule has 1 aromatic carbocycles. The zero-order valence-corrected chi connectivity index (χ0v) is 11.7. The van der Waals surface area contributed by atoms with Crippen molar-refractivity contribution in [3.8, 4) is 0 Å². The topological polar surface area (TPSA) is 3.24 Å². The van der Waals surface area contributed by atoms with Crippen LogP contribution in [-0.4, -0.2) is 7.05 Å². The zero-order chi connectivity index (χ0) is 13.3. The molecule has 94 valence electrons. The summed E-state index contributed by atoms with van der Waals surface area (Å²) < 4.78 is 0. The number of allylic oxidation sites excluding steroid dienone is 4. The summed E-state index contributed by atoms with van der Waals surface area (Å²) in [4.78, 5) is 2.26. The molecule has 0 N–H and O–H groups in total. The second-order valence-electron chi connectivity index (χ2n) is 5.19. The van der Waals surface area contributed by atoms with Gasteiger partial charge in [-0.1, -0.05) is 56.9 Å². The highest BCUT2D eigenvalue weighted by molar-refractivity contribution is 5.71. The molecular weight excluding hydrogens is 218 g/mol. The van der Waals surface area contributed by atoms with E-state index in [1.54, 1.807) is 0 Å². The Morgan fingerprint density at radius 3 is 2.50 bits per heavy atom. The number of nitrogens with zero attached hydrogens (tertiary/aromatic N) is 1. The van der Waals surface area contributed by atoms with Gasteiger partial charge >= 0.3 is 0 Å². The maximum atomic E-state index is 3.85. The summed E-state index contributed by atoms with van der Waals surface area (Å²) in [6.45, 7) is 10.5. The summed E-state index contributed by atoms with van der Waals surface area (Å²) in [7, 11) is 2.13. The first-order valence-corrected chi connectivity index (χ1v) is 6.37. The van der Waals surface area contributed by atoms with E-state index in [0.29, 0.717) is 0 Å². The smallest absolute Gasteiger partial charge is 0.0449 e. The van der Waals surface area contributed by atoms with Crippen molar-refractivity contribution in [3.63, 3.8) is 0 Å². The third-order valence-corrected chi connectivity index (χ3v) is 3.81. The molecule has 1 aromatic rings. The molecule has 1 aliphatic heterocycles. The fourth-order valence-electron chi connectivity index (χ4n) is 2.83. The molecule has 0 fully saturated rings. The number of hydrogen-bond donors (Lipinski definition) is 0. The molecule has 1 heterocycles. The molecule has 18 heavy (non-hydrogen) atoms. The minimum atomic E-state index is 0.0130. The van der Waals surface area contributed by atoms with Gasteiger partial charge in [-0.15, -0.1) is 0 Å². The zero-order valence-electron chi connectivity index (χ0n) is 11.7. The Kier molecular flexibility index (Phi) is 3.16. The number of para-hydroxylation sites is 1. The summed E-state index contributed by atoms with van der Waals surface area (Å²) in [5.74, 6) is 0. The first kappa shape index (κ1) is 12.7. The van der Waals surface area contributed by atoms with E-state index in [4.69, 9.17) is 0 Å². The lowest BCUT2D eigenvalue weighted by atomic mass is 9.72. The lowest BCUT2D eigenvalue weighted by Gasteiger charge is -2.42. The molecule has 0 aliphatic carbocycles. The SMILES string of the molecule is C=C/C=C1\C(=C/C)N(C)c2ccccc2C1(C)C. The minimum Gasteiger partial charge on any atom is -0.344 e. The van der Waals surface area contributed by atoms with Gasteiger partial charge in [-0.2, -0.15) is 0 Å². The standard InChI is InChI=1S/C17H21N/c1-6-10-13-15(7-2)18(5)16-12-9-8-11-14(16)17(13,3)4/h6-12H,1H2,2-5H3/b13-10+,15-7+. The molecule has 1 aliphatic rings. The molecule has 0 aromatic heterocycles. The second kappa shape index (κ2) is 4.49. The number of rotatable bonds is 1. The highest BCUT2D eigenvalue weighted by Gasteiger charge is 2.36. The number of hydrogen-bond acceptors (Lipinski definition) is 1. The Hall–Kier alpha value is -1.76. The van der Waals surface area contributed by atoms with Crippen LogP contribution >= 0.6 is 0 Å². The summed E-state index contributed by atoms with van der Waals surface area (Å²) in [6.07, 6.45) is 6.18.